The van der Waals surface area contributed by atoms with E-state index in [-0.39, 0.29) is 22.6 Å². The van der Waals surface area contributed by atoms with Gasteiger partial charge < -0.3 is 4.74 Å². The molecule has 0 unspecified atom stereocenters. The molecular formula is C20H20N2O6S. The molecule has 29 heavy (non-hydrogen) atoms. The van der Waals surface area contributed by atoms with Crippen LogP contribution in [-0.2, 0) is 19.6 Å². The van der Waals surface area contributed by atoms with Crippen LogP contribution in [0.1, 0.15) is 33.2 Å². The van der Waals surface area contributed by atoms with E-state index >= 15 is 0 Å². The topological polar surface area (TPSA) is 101 Å². The first-order valence-corrected chi connectivity index (χ1v) is 10.4. The third kappa shape index (κ3) is 4.06. The van der Waals surface area contributed by atoms with Crippen molar-refractivity contribution in [2.75, 3.05) is 19.8 Å². The van der Waals surface area contributed by atoms with Gasteiger partial charge in [0.25, 0.3) is 11.8 Å². The van der Waals surface area contributed by atoms with Crippen LogP contribution in [0.3, 0.4) is 0 Å². The highest BCUT2D eigenvalue weighted by molar-refractivity contribution is 7.89. The van der Waals surface area contributed by atoms with Crippen LogP contribution in [0.5, 0.6) is 0 Å². The van der Waals surface area contributed by atoms with E-state index < -0.39 is 41.0 Å². The molecule has 1 heterocycles. The lowest BCUT2D eigenvalue weighted by atomic mass is 10.1. The van der Waals surface area contributed by atoms with Gasteiger partial charge in [0.1, 0.15) is 6.54 Å². The molecule has 0 saturated heterocycles. The summed E-state index contributed by atoms with van der Waals surface area (Å²) < 4.78 is 31.9. The lowest BCUT2D eigenvalue weighted by molar-refractivity contribution is -0.143. The summed E-state index contributed by atoms with van der Waals surface area (Å²) in [5.74, 6) is -2.00. The summed E-state index contributed by atoms with van der Waals surface area (Å²) in [6.45, 7) is 2.26. The van der Waals surface area contributed by atoms with Crippen molar-refractivity contribution >= 4 is 27.8 Å². The van der Waals surface area contributed by atoms with E-state index in [1.54, 1.807) is 31.2 Å². The van der Waals surface area contributed by atoms with Crippen molar-refractivity contribution in [1.29, 1.82) is 0 Å². The number of hydrogen-bond donors (Lipinski definition) is 0. The number of aryl methyl sites for hydroxylation is 1. The first-order valence-electron chi connectivity index (χ1n) is 8.93. The maximum Gasteiger partial charge on any atom is 0.321 e. The zero-order valence-corrected chi connectivity index (χ0v) is 16.8. The Balaban J connectivity index is 1.94. The van der Waals surface area contributed by atoms with Crippen molar-refractivity contribution in [2.24, 2.45) is 0 Å². The average molecular weight is 416 g/mol. The summed E-state index contributed by atoms with van der Waals surface area (Å²) in [6, 6.07) is 12.3. The number of amides is 2. The van der Waals surface area contributed by atoms with Gasteiger partial charge in [-0.05, 0) is 38.1 Å². The van der Waals surface area contributed by atoms with Crippen molar-refractivity contribution in [2.45, 2.75) is 18.7 Å². The summed E-state index contributed by atoms with van der Waals surface area (Å²) in [6.07, 6.45) is 0. The van der Waals surface area contributed by atoms with Crippen molar-refractivity contribution in [3.63, 3.8) is 0 Å². The number of carbonyl (C=O) groups excluding carboxylic acids is 3. The number of fused-ring (bicyclic) bond motifs is 1. The maximum absolute atomic E-state index is 13.1. The van der Waals surface area contributed by atoms with Crippen LogP contribution in [-0.4, -0.2) is 55.2 Å². The minimum atomic E-state index is -4.17. The van der Waals surface area contributed by atoms with Gasteiger partial charge in [-0.15, -0.1) is 0 Å². The van der Waals surface area contributed by atoms with Gasteiger partial charge in [0, 0.05) is 0 Å². The molecule has 2 amide bonds. The number of nitrogens with zero attached hydrogens (tertiary/aromatic N) is 2. The van der Waals surface area contributed by atoms with Gasteiger partial charge in [-0.25, -0.2) is 8.42 Å². The Bertz CT molecular complexity index is 1030. The molecule has 152 valence electrons. The highest BCUT2D eigenvalue weighted by Gasteiger charge is 2.39. The molecule has 0 spiro atoms. The van der Waals surface area contributed by atoms with Gasteiger partial charge in [-0.2, -0.15) is 4.31 Å². The Hall–Kier alpha value is -3.04. The van der Waals surface area contributed by atoms with Crippen LogP contribution in [0.4, 0.5) is 0 Å². The second-order valence-electron chi connectivity index (χ2n) is 6.46. The highest BCUT2D eigenvalue weighted by Crippen LogP contribution is 2.24. The molecule has 0 fully saturated rings. The van der Waals surface area contributed by atoms with Gasteiger partial charge in [0.15, 0.2) is 0 Å². The fourth-order valence-electron chi connectivity index (χ4n) is 2.95. The van der Waals surface area contributed by atoms with Crippen LogP contribution in [0.25, 0.3) is 0 Å². The second-order valence-corrected chi connectivity index (χ2v) is 8.40. The monoisotopic (exact) mass is 416 g/mol. The van der Waals surface area contributed by atoms with E-state index in [2.05, 4.69) is 0 Å². The number of esters is 1. The van der Waals surface area contributed by atoms with Crippen molar-refractivity contribution in [3.8, 4) is 0 Å². The van der Waals surface area contributed by atoms with Gasteiger partial charge in [-0.3, -0.25) is 19.3 Å². The predicted octanol–water partition coefficient (Wildman–Crippen LogP) is 1.80. The molecule has 0 N–H and O–H groups in total. The third-order valence-electron chi connectivity index (χ3n) is 4.45. The number of sulfonamides is 1. The molecular weight excluding hydrogens is 396 g/mol. The molecule has 2 aromatic carbocycles. The average Bonchev–Trinajstić information content (AvgIpc) is 2.93. The number of ether oxygens (including phenoxy) is 1. The number of benzene rings is 2. The minimum absolute atomic E-state index is 0.0518. The molecule has 0 saturated carbocycles. The molecule has 0 bridgehead atoms. The molecule has 1 aliphatic heterocycles. The van der Waals surface area contributed by atoms with E-state index in [4.69, 9.17) is 4.74 Å². The third-order valence-corrected chi connectivity index (χ3v) is 6.24. The largest absolute Gasteiger partial charge is 0.465 e. The smallest absolute Gasteiger partial charge is 0.321 e. The summed E-state index contributed by atoms with van der Waals surface area (Å²) in [5.41, 5.74) is 1.25. The minimum Gasteiger partial charge on any atom is -0.465 e. The van der Waals surface area contributed by atoms with Gasteiger partial charge in [0.05, 0.1) is 29.3 Å². The molecule has 0 radical (unpaired) electrons. The Labute approximate surface area is 168 Å². The number of hydrogen-bond acceptors (Lipinski definition) is 6. The molecule has 2 aromatic rings. The van der Waals surface area contributed by atoms with Crippen molar-refractivity contribution in [1.82, 2.24) is 9.21 Å². The van der Waals surface area contributed by atoms with Crippen LogP contribution in [0.15, 0.2) is 53.4 Å². The van der Waals surface area contributed by atoms with E-state index in [1.165, 1.54) is 24.3 Å². The summed E-state index contributed by atoms with van der Waals surface area (Å²) >= 11 is 0. The van der Waals surface area contributed by atoms with Gasteiger partial charge in [-0.1, -0.05) is 29.8 Å². The van der Waals surface area contributed by atoms with Crippen molar-refractivity contribution < 1.29 is 27.5 Å². The molecule has 1 aliphatic rings. The van der Waals surface area contributed by atoms with Gasteiger partial charge in [0.2, 0.25) is 10.0 Å². The molecule has 9 heteroatoms. The van der Waals surface area contributed by atoms with Crippen LogP contribution < -0.4 is 0 Å². The van der Waals surface area contributed by atoms with E-state index in [0.29, 0.717) is 0 Å². The lowest BCUT2D eigenvalue weighted by Crippen LogP contribution is -2.46. The highest BCUT2D eigenvalue weighted by atomic mass is 32.2. The van der Waals surface area contributed by atoms with E-state index in [0.717, 1.165) is 14.8 Å². The predicted molar refractivity (Wildman–Crippen MR) is 104 cm³/mol. The SMILES string of the molecule is CCOC(=O)CN(CN1C(=O)c2ccccc2C1=O)S(=O)(=O)c1ccc(C)cc1. The maximum atomic E-state index is 13.1. The summed E-state index contributed by atoms with van der Waals surface area (Å²) in [5, 5.41) is 0. The zero-order chi connectivity index (χ0) is 21.2. The Morgan fingerprint density at radius 1 is 1.00 bits per heavy atom. The normalized spacial score (nSPS) is 13.7. The summed E-state index contributed by atoms with van der Waals surface area (Å²) in [4.78, 5) is 38.0. The van der Waals surface area contributed by atoms with E-state index in [9.17, 15) is 22.8 Å². The van der Waals surface area contributed by atoms with E-state index in [1.807, 2.05) is 6.92 Å². The molecule has 0 atom stereocenters. The second kappa shape index (κ2) is 8.14. The number of imide groups is 1. The first-order chi connectivity index (χ1) is 13.8. The number of rotatable bonds is 7. The molecule has 0 aliphatic carbocycles. The fourth-order valence-corrected chi connectivity index (χ4v) is 4.27. The Kier molecular flexibility index (Phi) is 5.81. The van der Waals surface area contributed by atoms with Crippen LogP contribution in [0.2, 0.25) is 0 Å². The van der Waals surface area contributed by atoms with Crippen LogP contribution in [0, 0.1) is 6.92 Å². The van der Waals surface area contributed by atoms with Crippen molar-refractivity contribution in [3.05, 3.63) is 65.2 Å². The Morgan fingerprint density at radius 3 is 2.07 bits per heavy atom. The quantitative estimate of drug-likeness (QED) is 0.504. The lowest BCUT2D eigenvalue weighted by Gasteiger charge is -2.25. The van der Waals surface area contributed by atoms with Gasteiger partial charge >= 0.3 is 5.97 Å². The summed E-state index contributed by atoms with van der Waals surface area (Å²) in [7, 11) is -4.17. The molecule has 3 rings (SSSR count). The molecule has 8 nitrogen and oxygen atoms in total. The standard InChI is InChI=1S/C20H20N2O6S/c1-3-28-18(23)12-21(29(26,27)15-10-8-14(2)9-11-15)13-22-19(24)16-6-4-5-7-17(16)20(22)25/h4-11H,3,12-13H2,1-2H3. The first kappa shape index (κ1) is 20.7. The fraction of sp³-hybridized carbons (Fsp3) is 0.250. The molecule has 0 aromatic heterocycles. The van der Waals surface area contributed by atoms with Crippen LogP contribution >= 0.6 is 0 Å². The Morgan fingerprint density at radius 2 is 1.55 bits per heavy atom. The zero-order valence-electron chi connectivity index (χ0n) is 16.0. The number of carbonyl (C=O) groups is 3.